The first-order valence-electron chi connectivity index (χ1n) is 11.6. The van der Waals surface area contributed by atoms with Gasteiger partial charge in [-0.1, -0.05) is 35.3 Å². The monoisotopic (exact) mass is 568 g/mol. The summed E-state index contributed by atoms with van der Waals surface area (Å²) in [5.41, 5.74) is 5.13. The van der Waals surface area contributed by atoms with Crippen LogP contribution in [-0.4, -0.2) is 44.4 Å². The van der Waals surface area contributed by atoms with Crippen LogP contribution in [0.3, 0.4) is 0 Å². The number of aliphatic carboxylic acids is 1. The second-order valence-electron chi connectivity index (χ2n) is 9.18. The number of rotatable bonds is 9. The highest BCUT2D eigenvalue weighted by atomic mass is 35.5. The number of hydrogen-bond acceptors (Lipinski definition) is 6. The summed E-state index contributed by atoms with van der Waals surface area (Å²) in [7, 11) is 0. The number of primary amides is 1. The van der Waals surface area contributed by atoms with Crippen LogP contribution in [0.4, 0.5) is 11.6 Å². The van der Waals surface area contributed by atoms with Crippen LogP contribution in [0.2, 0.25) is 10.0 Å². The molecule has 1 aromatic heterocycles. The standard InChI is InChI=1S/C26H22Cl2N6O5/c1-26(11-14-2-4-15(12-29)5-3-14)24(39)33(18-9-16(27)8-17(28)10-18)25-31-13-20(34(25)26)22(36)32-19(23(37)38)6-7-21(30)35/h2-5,8-10,13,19H,6-7,11H2,1H3,(H2,30,35)(H,32,36)(H,37,38)/t19-,26+/m0/s1. The van der Waals surface area contributed by atoms with Gasteiger partial charge in [0, 0.05) is 22.9 Å². The van der Waals surface area contributed by atoms with Crippen molar-refractivity contribution >= 4 is 58.5 Å². The van der Waals surface area contributed by atoms with Gasteiger partial charge in [0.1, 0.15) is 17.3 Å². The van der Waals surface area contributed by atoms with Crippen molar-refractivity contribution in [2.45, 2.75) is 37.8 Å². The van der Waals surface area contributed by atoms with E-state index in [4.69, 9.17) is 34.2 Å². The number of imidazole rings is 1. The maximum Gasteiger partial charge on any atom is 0.326 e. The minimum Gasteiger partial charge on any atom is -0.480 e. The van der Waals surface area contributed by atoms with Gasteiger partial charge in [0.25, 0.3) is 11.8 Å². The molecule has 1 aliphatic heterocycles. The third-order valence-corrected chi connectivity index (χ3v) is 6.79. The minimum absolute atomic E-state index is 0.0737. The lowest BCUT2D eigenvalue weighted by Gasteiger charge is -2.27. The number of benzene rings is 2. The van der Waals surface area contributed by atoms with Crippen LogP contribution in [0.1, 0.15) is 41.4 Å². The summed E-state index contributed by atoms with van der Waals surface area (Å²) in [6.07, 6.45) is 0.877. The zero-order valence-corrected chi connectivity index (χ0v) is 22.0. The predicted octanol–water partition coefficient (Wildman–Crippen LogP) is 3.15. The van der Waals surface area contributed by atoms with E-state index in [1.807, 2.05) is 6.07 Å². The molecule has 4 rings (SSSR count). The Bertz CT molecular complexity index is 1510. The number of nitriles is 1. The van der Waals surface area contributed by atoms with Crippen molar-refractivity contribution in [3.05, 3.63) is 75.5 Å². The van der Waals surface area contributed by atoms with Crippen molar-refractivity contribution in [2.24, 2.45) is 5.73 Å². The lowest BCUT2D eigenvalue weighted by Crippen LogP contribution is -2.45. The van der Waals surface area contributed by atoms with Crippen molar-refractivity contribution in [1.29, 1.82) is 5.26 Å². The zero-order chi connectivity index (χ0) is 28.5. The molecule has 11 nitrogen and oxygen atoms in total. The van der Waals surface area contributed by atoms with E-state index >= 15 is 0 Å². The van der Waals surface area contributed by atoms with Gasteiger partial charge in [0.05, 0.1) is 23.5 Å². The molecule has 2 atom stereocenters. The number of fused-ring (bicyclic) bond motifs is 1. The third kappa shape index (κ3) is 5.43. The third-order valence-electron chi connectivity index (χ3n) is 6.35. The van der Waals surface area contributed by atoms with Gasteiger partial charge in [-0.3, -0.25) is 19.0 Å². The number of aromatic nitrogens is 2. The van der Waals surface area contributed by atoms with E-state index in [1.54, 1.807) is 31.2 Å². The van der Waals surface area contributed by atoms with Gasteiger partial charge in [-0.15, -0.1) is 0 Å². The van der Waals surface area contributed by atoms with Gasteiger partial charge in [-0.25, -0.2) is 14.7 Å². The second-order valence-corrected chi connectivity index (χ2v) is 10.0. The molecule has 0 saturated heterocycles. The fraction of sp³-hybridized carbons (Fsp3) is 0.231. The Kier molecular flexibility index (Phi) is 7.63. The Morgan fingerprint density at radius 1 is 1.18 bits per heavy atom. The summed E-state index contributed by atoms with van der Waals surface area (Å²) >= 11 is 12.4. The number of carboxylic acid groups (broad SMARTS) is 1. The SMILES string of the molecule is C[C@@]1(Cc2ccc(C#N)cc2)C(=O)N(c2cc(Cl)cc(Cl)c2)c2ncc(C(=O)N[C@@H](CCC(N)=O)C(=O)O)n21. The van der Waals surface area contributed by atoms with E-state index < -0.39 is 35.3 Å². The molecule has 1 aliphatic rings. The van der Waals surface area contributed by atoms with Crippen molar-refractivity contribution < 1.29 is 24.3 Å². The summed E-state index contributed by atoms with van der Waals surface area (Å²) in [4.78, 5) is 55.9. The molecule has 0 fully saturated rings. The molecule has 3 aromatic rings. The Morgan fingerprint density at radius 2 is 1.82 bits per heavy atom. The molecule has 2 aromatic carbocycles. The smallest absolute Gasteiger partial charge is 0.326 e. The van der Waals surface area contributed by atoms with Gasteiger partial charge in [-0.2, -0.15) is 5.26 Å². The molecule has 0 unspecified atom stereocenters. The molecule has 0 spiro atoms. The van der Waals surface area contributed by atoms with Crippen LogP contribution in [0.5, 0.6) is 0 Å². The van der Waals surface area contributed by atoms with Gasteiger partial charge in [0.2, 0.25) is 11.9 Å². The van der Waals surface area contributed by atoms with Crippen LogP contribution in [0, 0.1) is 11.3 Å². The molecular weight excluding hydrogens is 547 g/mol. The van der Waals surface area contributed by atoms with Crippen LogP contribution >= 0.6 is 23.2 Å². The Balaban J connectivity index is 1.80. The fourth-order valence-electron chi connectivity index (χ4n) is 4.50. The van der Waals surface area contributed by atoms with Gasteiger partial charge in [0.15, 0.2) is 0 Å². The number of carbonyl (C=O) groups excluding carboxylic acids is 3. The average Bonchev–Trinajstić information content (AvgIpc) is 3.39. The molecular formula is C26H22Cl2N6O5. The van der Waals surface area contributed by atoms with E-state index in [0.717, 1.165) is 0 Å². The average molecular weight is 569 g/mol. The molecule has 0 bridgehead atoms. The van der Waals surface area contributed by atoms with Crippen molar-refractivity contribution in [2.75, 3.05) is 4.90 Å². The molecule has 0 aliphatic carbocycles. The number of nitrogens with two attached hydrogens (primary N) is 1. The molecule has 4 N–H and O–H groups in total. The van der Waals surface area contributed by atoms with E-state index in [9.17, 15) is 24.3 Å². The number of carboxylic acids is 1. The molecule has 13 heteroatoms. The number of hydrogen-bond donors (Lipinski definition) is 3. The number of nitrogens with one attached hydrogen (secondary N) is 1. The maximum absolute atomic E-state index is 14.0. The van der Waals surface area contributed by atoms with E-state index in [2.05, 4.69) is 10.3 Å². The molecule has 2 heterocycles. The van der Waals surface area contributed by atoms with Crippen LogP contribution in [0.25, 0.3) is 0 Å². The van der Waals surface area contributed by atoms with Crippen LogP contribution in [-0.2, 0) is 26.3 Å². The molecule has 0 saturated carbocycles. The van der Waals surface area contributed by atoms with Gasteiger partial charge >= 0.3 is 5.97 Å². The lowest BCUT2D eigenvalue weighted by atomic mass is 9.91. The van der Waals surface area contributed by atoms with E-state index in [1.165, 1.54) is 33.9 Å². The normalized spacial score (nSPS) is 16.9. The first-order valence-corrected chi connectivity index (χ1v) is 12.4. The van der Waals surface area contributed by atoms with E-state index in [-0.39, 0.29) is 40.9 Å². The Hall–Kier alpha value is -4.40. The fourth-order valence-corrected chi connectivity index (χ4v) is 5.01. The number of nitrogens with zero attached hydrogens (tertiary/aromatic N) is 4. The highest BCUT2D eigenvalue weighted by Gasteiger charge is 2.51. The molecule has 200 valence electrons. The summed E-state index contributed by atoms with van der Waals surface area (Å²) in [6, 6.07) is 11.8. The molecule has 39 heavy (non-hydrogen) atoms. The maximum atomic E-state index is 14.0. The summed E-state index contributed by atoms with van der Waals surface area (Å²) < 4.78 is 1.44. The predicted molar refractivity (Wildman–Crippen MR) is 142 cm³/mol. The topological polar surface area (TPSA) is 171 Å². The Labute approximate surface area is 232 Å². The first-order chi connectivity index (χ1) is 18.4. The van der Waals surface area contributed by atoms with Crippen molar-refractivity contribution in [3.63, 3.8) is 0 Å². The highest BCUT2D eigenvalue weighted by Crippen LogP contribution is 2.43. The van der Waals surface area contributed by atoms with E-state index in [0.29, 0.717) is 16.8 Å². The van der Waals surface area contributed by atoms with Gasteiger partial charge < -0.3 is 16.2 Å². The number of anilines is 2. The van der Waals surface area contributed by atoms with Crippen molar-refractivity contribution in [1.82, 2.24) is 14.9 Å². The highest BCUT2D eigenvalue weighted by molar-refractivity contribution is 6.35. The van der Waals surface area contributed by atoms with Crippen LogP contribution in [0.15, 0.2) is 48.7 Å². The lowest BCUT2D eigenvalue weighted by molar-refractivity contribution is -0.139. The molecule has 3 amide bonds. The quantitative estimate of drug-likeness (QED) is 0.355. The Morgan fingerprint density at radius 3 is 2.38 bits per heavy atom. The van der Waals surface area contributed by atoms with Crippen molar-refractivity contribution in [3.8, 4) is 6.07 Å². The largest absolute Gasteiger partial charge is 0.480 e. The second kappa shape index (κ2) is 10.8. The summed E-state index contributed by atoms with van der Waals surface area (Å²) in [6.45, 7) is 1.63. The zero-order valence-electron chi connectivity index (χ0n) is 20.5. The summed E-state index contributed by atoms with van der Waals surface area (Å²) in [5, 5.41) is 21.6. The number of carbonyl (C=O) groups is 4. The number of amides is 3. The minimum atomic E-state index is -1.40. The summed E-state index contributed by atoms with van der Waals surface area (Å²) in [5.74, 6) is -3.21. The molecule has 0 radical (unpaired) electrons. The number of halogens is 2. The van der Waals surface area contributed by atoms with Gasteiger partial charge in [-0.05, 0) is 49.2 Å². The van der Waals surface area contributed by atoms with Crippen LogP contribution < -0.4 is 16.0 Å². The first kappa shape index (κ1) is 27.6.